The van der Waals surface area contributed by atoms with E-state index >= 15 is 0 Å². The summed E-state index contributed by atoms with van der Waals surface area (Å²) in [6, 6.07) is 10.1. The van der Waals surface area contributed by atoms with Crippen LogP contribution in [0.1, 0.15) is 54.0 Å². The number of amides is 1. The van der Waals surface area contributed by atoms with Crippen molar-refractivity contribution in [2.45, 2.75) is 44.4 Å². The highest BCUT2D eigenvalue weighted by Crippen LogP contribution is 2.39. The summed E-state index contributed by atoms with van der Waals surface area (Å²) in [5.74, 6) is 1.18. The first-order chi connectivity index (χ1) is 13.6. The fourth-order valence-corrected chi connectivity index (χ4v) is 4.07. The van der Waals surface area contributed by atoms with Gasteiger partial charge in [0.15, 0.2) is 0 Å². The highest BCUT2D eigenvalue weighted by atomic mass is 16.5. The number of nitrogens with zero attached hydrogens (tertiary/aromatic N) is 4. The maximum absolute atomic E-state index is 12.7. The third-order valence-electron chi connectivity index (χ3n) is 5.73. The summed E-state index contributed by atoms with van der Waals surface area (Å²) < 4.78 is 6.88. The third-order valence-corrected chi connectivity index (χ3v) is 5.73. The van der Waals surface area contributed by atoms with Crippen molar-refractivity contribution in [1.29, 1.82) is 0 Å². The Labute approximate surface area is 164 Å². The van der Waals surface area contributed by atoms with E-state index in [2.05, 4.69) is 32.5 Å². The Morgan fingerprint density at radius 1 is 1.18 bits per heavy atom. The summed E-state index contributed by atoms with van der Waals surface area (Å²) >= 11 is 0. The van der Waals surface area contributed by atoms with Crippen LogP contribution in [0.5, 0.6) is 5.75 Å². The molecule has 0 aliphatic heterocycles. The Morgan fingerprint density at radius 3 is 2.61 bits per heavy atom. The van der Waals surface area contributed by atoms with Gasteiger partial charge in [0.05, 0.1) is 7.11 Å². The van der Waals surface area contributed by atoms with E-state index < -0.39 is 0 Å². The first kappa shape index (κ1) is 18.4. The van der Waals surface area contributed by atoms with Crippen molar-refractivity contribution < 1.29 is 9.53 Å². The SMILES string of the molecule is COc1ccc(C2(CNC(=O)c3nc4nccc(C)n4n3)CCCCC2)cc1. The summed E-state index contributed by atoms with van der Waals surface area (Å²) in [6.07, 6.45) is 7.35. The number of benzene rings is 1. The van der Waals surface area contributed by atoms with Crippen LogP contribution in [0.25, 0.3) is 5.78 Å². The first-order valence-electron chi connectivity index (χ1n) is 9.72. The van der Waals surface area contributed by atoms with Gasteiger partial charge in [0.1, 0.15) is 5.75 Å². The van der Waals surface area contributed by atoms with Crippen molar-refractivity contribution in [3.8, 4) is 5.75 Å². The maximum Gasteiger partial charge on any atom is 0.291 e. The van der Waals surface area contributed by atoms with Gasteiger partial charge < -0.3 is 10.1 Å². The number of rotatable bonds is 5. The lowest BCUT2D eigenvalue weighted by atomic mass is 9.69. The molecule has 1 aromatic carbocycles. The number of fused-ring (bicyclic) bond motifs is 1. The van der Waals surface area contributed by atoms with Crippen LogP contribution in [0.2, 0.25) is 0 Å². The van der Waals surface area contributed by atoms with Gasteiger partial charge in [-0.25, -0.2) is 9.50 Å². The van der Waals surface area contributed by atoms with Gasteiger partial charge in [-0.15, -0.1) is 5.10 Å². The zero-order valence-electron chi connectivity index (χ0n) is 16.3. The Bertz CT molecular complexity index is 974. The molecule has 0 atom stereocenters. The van der Waals surface area contributed by atoms with Gasteiger partial charge in [-0.05, 0) is 43.5 Å². The molecule has 1 aliphatic rings. The summed E-state index contributed by atoms with van der Waals surface area (Å²) in [5.41, 5.74) is 2.07. The molecule has 0 bridgehead atoms. The van der Waals surface area contributed by atoms with Crippen molar-refractivity contribution in [2.24, 2.45) is 0 Å². The maximum atomic E-state index is 12.7. The molecule has 4 rings (SSSR count). The average molecular weight is 379 g/mol. The molecule has 1 amide bonds. The highest BCUT2D eigenvalue weighted by Gasteiger charge is 2.34. The second-order valence-corrected chi connectivity index (χ2v) is 7.49. The monoisotopic (exact) mass is 379 g/mol. The molecule has 28 heavy (non-hydrogen) atoms. The zero-order valence-corrected chi connectivity index (χ0v) is 16.3. The Morgan fingerprint density at radius 2 is 1.93 bits per heavy atom. The van der Waals surface area contributed by atoms with Gasteiger partial charge in [-0.2, -0.15) is 4.98 Å². The average Bonchev–Trinajstić information content (AvgIpc) is 3.19. The van der Waals surface area contributed by atoms with Crippen molar-refractivity contribution in [3.05, 3.63) is 53.6 Å². The van der Waals surface area contributed by atoms with Crippen LogP contribution in [0.3, 0.4) is 0 Å². The largest absolute Gasteiger partial charge is 0.497 e. The van der Waals surface area contributed by atoms with E-state index in [-0.39, 0.29) is 17.1 Å². The predicted molar refractivity (Wildman–Crippen MR) is 106 cm³/mol. The van der Waals surface area contributed by atoms with E-state index in [4.69, 9.17) is 4.74 Å². The molecule has 3 aromatic rings. The highest BCUT2D eigenvalue weighted by molar-refractivity contribution is 5.90. The molecular weight excluding hydrogens is 354 g/mol. The number of ether oxygens (including phenoxy) is 1. The molecule has 1 aliphatic carbocycles. The molecule has 0 radical (unpaired) electrons. The molecule has 146 valence electrons. The minimum Gasteiger partial charge on any atom is -0.497 e. The number of methoxy groups -OCH3 is 1. The van der Waals surface area contributed by atoms with Crippen molar-refractivity contribution in [1.82, 2.24) is 24.9 Å². The van der Waals surface area contributed by atoms with Crippen LogP contribution in [0.15, 0.2) is 36.5 Å². The third kappa shape index (κ3) is 3.44. The summed E-state index contributed by atoms with van der Waals surface area (Å²) in [6.45, 7) is 2.48. The van der Waals surface area contributed by atoms with Gasteiger partial charge in [0.2, 0.25) is 5.82 Å². The standard InChI is InChI=1S/C21H25N5O2/c1-15-10-13-22-20-24-18(25-26(15)20)19(27)23-14-21(11-4-3-5-12-21)16-6-8-17(28-2)9-7-16/h6-10,13H,3-5,11-12,14H2,1-2H3,(H,23,27). The van der Waals surface area contributed by atoms with Gasteiger partial charge in [-0.1, -0.05) is 31.4 Å². The minimum atomic E-state index is -0.261. The number of carbonyl (C=O) groups excluding carboxylic acids is 1. The summed E-state index contributed by atoms with van der Waals surface area (Å²) in [4.78, 5) is 21.2. The summed E-state index contributed by atoms with van der Waals surface area (Å²) in [7, 11) is 1.67. The minimum absolute atomic E-state index is 0.0620. The fourth-order valence-electron chi connectivity index (χ4n) is 4.07. The smallest absolute Gasteiger partial charge is 0.291 e. The van der Waals surface area contributed by atoms with Crippen LogP contribution < -0.4 is 10.1 Å². The number of aryl methyl sites for hydroxylation is 1. The zero-order chi connectivity index (χ0) is 19.6. The van der Waals surface area contributed by atoms with E-state index in [9.17, 15) is 4.79 Å². The molecule has 1 saturated carbocycles. The number of hydrogen-bond acceptors (Lipinski definition) is 5. The van der Waals surface area contributed by atoms with E-state index in [0.717, 1.165) is 37.1 Å². The van der Waals surface area contributed by atoms with Crippen molar-refractivity contribution in [3.63, 3.8) is 0 Å². The quantitative estimate of drug-likeness (QED) is 0.737. The predicted octanol–water partition coefficient (Wildman–Crippen LogP) is 3.07. The second kappa shape index (κ2) is 7.58. The second-order valence-electron chi connectivity index (χ2n) is 7.49. The molecular formula is C21H25N5O2. The fraction of sp³-hybridized carbons (Fsp3) is 0.429. The molecule has 7 nitrogen and oxygen atoms in total. The van der Waals surface area contributed by atoms with Gasteiger partial charge in [-0.3, -0.25) is 4.79 Å². The lowest BCUT2D eigenvalue weighted by Gasteiger charge is -2.38. The molecule has 0 spiro atoms. The number of hydrogen-bond donors (Lipinski definition) is 1. The normalized spacial score (nSPS) is 16.1. The lowest BCUT2D eigenvalue weighted by Crippen LogP contribution is -2.42. The van der Waals surface area contributed by atoms with E-state index in [1.165, 1.54) is 12.0 Å². The van der Waals surface area contributed by atoms with Crippen molar-refractivity contribution >= 4 is 11.7 Å². The molecule has 1 N–H and O–H groups in total. The number of nitrogens with one attached hydrogen (secondary N) is 1. The molecule has 2 heterocycles. The first-order valence-corrected chi connectivity index (χ1v) is 9.72. The summed E-state index contributed by atoms with van der Waals surface area (Å²) in [5, 5.41) is 7.39. The van der Waals surface area contributed by atoms with Crippen LogP contribution in [-0.2, 0) is 5.41 Å². The number of carbonyl (C=O) groups is 1. The van der Waals surface area contributed by atoms with E-state index in [1.54, 1.807) is 17.8 Å². The van der Waals surface area contributed by atoms with Crippen LogP contribution in [0, 0.1) is 6.92 Å². The van der Waals surface area contributed by atoms with Gasteiger partial charge in [0, 0.05) is 23.9 Å². The Balaban J connectivity index is 1.55. The van der Waals surface area contributed by atoms with E-state index in [1.807, 2.05) is 25.1 Å². The molecule has 1 fully saturated rings. The van der Waals surface area contributed by atoms with Crippen molar-refractivity contribution in [2.75, 3.05) is 13.7 Å². The Hall–Kier alpha value is -2.96. The number of aromatic nitrogens is 4. The topological polar surface area (TPSA) is 81.4 Å². The molecule has 2 aromatic heterocycles. The molecule has 7 heteroatoms. The van der Waals surface area contributed by atoms with Crippen LogP contribution >= 0.6 is 0 Å². The Kier molecular flexibility index (Phi) is 4.98. The van der Waals surface area contributed by atoms with E-state index in [0.29, 0.717) is 12.3 Å². The van der Waals surface area contributed by atoms with Gasteiger partial charge in [0.25, 0.3) is 11.7 Å². The van der Waals surface area contributed by atoms with Crippen LogP contribution in [0.4, 0.5) is 0 Å². The lowest BCUT2D eigenvalue weighted by molar-refractivity contribution is 0.0926. The van der Waals surface area contributed by atoms with Crippen LogP contribution in [-0.4, -0.2) is 39.1 Å². The van der Waals surface area contributed by atoms with Gasteiger partial charge >= 0.3 is 0 Å². The molecule has 0 unspecified atom stereocenters. The molecule has 0 saturated heterocycles.